The van der Waals surface area contributed by atoms with Crippen molar-refractivity contribution in [2.75, 3.05) is 25.5 Å². The summed E-state index contributed by atoms with van der Waals surface area (Å²) in [6.45, 7) is 0.469. The Kier molecular flexibility index (Phi) is 4.89. The summed E-state index contributed by atoms with van der Waals surface area (Å²) < 4.78 is 10.5. The van der Waals surface area contributed by atoms with Gasteiger partial charge in [0.25, 0.3) is 0 Å². The third-order valence-electron chi connectivity index (χ3n) is 1.75. The predicted molar refractivity (Wildman–Crippen MR) is 57.4 cm³/mol. The van der Waals surface area contributed by atoms with Crippen molar-refractivity contribution >= 4 is 5.69 Å². The Labute approximate surface area is 88.6 Å². The minimum absolute atomic E-state index is 0.242. The number of nitrogen functional groups attached to an aromatic ring is 1. The van der Waals surface area contributed by atoms with Crippen molar-refractivity contribution in [1.82, 2.24) is 0 Å². The SMILES string of the molecule is NCCOC(CO)Oc1ccccc1N. The average Bonchev–Trinajstić information content (AvgIpc) is 2.26. The summed E-state index contributed by atoms with van der Waals surface area (Å²) in [5.74, 6) is 0.494. The fraction of sp³-hybridized carbons (Fsp3) is 0.400. The van der Waals surface area contributed by atoms with E-state index >= 15 is 0 Å². The molecule has 1 aromatic rings. The lowest BCUT2D eigenvalue weighted by molar-refractivity contribution is -0.104. The van der Waals surface area contributed by atoms with E-state index < -0.39 is 6.29 Å². The molecule has 5 N–H and O–H groups in total. The summed E-state index contributed by atoms with van der Waals surface area (Å²) in [7, 11) is 0. The van der Waals surface area contributed by atoms with Crippen LogP contribution in [0.1, 0.15) is 0 Å². The van der Waals surface area contributed by atoms with E-state index in [-0.39, 0.29) is 6.61 Å². The Hall–Kier alpha value is -1.30. The molecule has 84 valence electrons. The summed E-state index contributed by atoms with van der Waals surface area (Å²) in [5.41, 5.74) is 11.4. The summed E-state index contributed by atoms with van der Waals surface area (Å²) >= 11 is 0. The van der Waals surface area contributed by atoms with Crippen LogP contribution in [-0.4, -0.2) is 31.2 Å². The molecular formula is C10H16N2O3. The third-order valence-corrected chi connectivity index (χ3v) is 1.75. The van der Waals surface area contributed by atoms with Gasteiger partial charge in [0.2, 0.25) is 6.29 Å². The smallest absolute Gasteiger partial charge is 0.223 e. The molecule has 0 fully saturated rings. The molecule has 0 bridgehead atoms. The zero-order valence-electron chi connectivity index (χ0n) is 8.43. The first kappa shape index (κ1) is 11.8. The number of aliphatic hydroxyl groups is 1. The van der Waals surface area contributed by atoms with Crippen molar-refractivity contribution in [3.8, 4) is 5.75 Å². The molecule has 15 heavy (non-hydrogen) atoms. The molecule has 0 aromatic heterocycles. The van der Waals surface area contributed by atoms with Gasteiger partial charge in [-0.15, -0.1) is 0 Å². The van der Waals surface area contributed by atoms with E-state index in [0.717, 1.165) is 0 Å². The molecule has 1 rings (SSSR count). The molecule has 0 saturated heterocycles. The first-order valence-electron chi connectivity index (χ1n) is 4.71. The van der Waals surface area contributed by atoms with E-state index in [0.29, 0.717) is 24.6 Å². The monoisotopic (exact) mass is 212 g/mol. The molecule has 0 aliphatic rings. The van der Waals surface area contributed by atoms with Crippen LogP contribution in [-0.2, 0) is 4.74 Å². The van der Waals surface area contributed by atoms with Gasteiger partial charge >= 0.3 is 0 Å². The molecule has 5 heteroatoms. The molecule has 1 atom stereocenters. The number of para-hydroxylation sites is 2. The Bertz CT molecular complexity index is 294. The van der Waals surface area contributed by atoms with Crippen molar-refractivity contribution in [3.05, 3.63) is 24.3 Å². The molecule has 1 aromatic carbocycles. The molecular weight excluding hydrogens is 196 g/mol. The Morgan fingerprint density at radius 2 is 2.07 bits per heavy atom. The minimum atomic E-state index is -0.724. The van der Waals surface area contributed by atoms with Crippen molar-refractivity contribution in [2.24, 2.45) is 5.73 Å². The number of hydrogen-bond acceptors (Lipinski definition) is 5. The Morgan fingerprint density at radius 1 is 1.33 bits per heavy atom. The highest BCUT2D eigenvalue weighted by atomic mass is 16.7. The number of hydrogen-bond donors (Lipinski definition) is 3. The number of nitrogens with two attached hydrogens (primary N) is 2. The molecule has 0 aliphatic heterocycles. The van der Waals surface area contributed by atoms with Gasteiger partial charge in [-0.1, -0.05) is 12.1 Å². The van der Waals surface area contributed by atoms with Gasteiger partial charge in [0.15, 0.2) is 0 Å². The summed E-state index contributed by atoms with van der Waals surface area (Å²) in [4.78, 5) is 0. The number of rotatable bonds is 6. The second-order valence-corrected chi connectivity index (χ2v) is 2.93. The van der Waals surface area contributed by atoms with E-state index in [1.807, 2.05) is 0 Å². The zero-order chi connectivity index (χ0) is 11.1. The van der Waals surface area contributed by atoms with E-state index in [4.69, 9.17) is 26.0 Å². The maximum atomic E-state index is 8.97. The molecule has 0 radical (unpaired) electrons. The quantitative estimate of drug-likeness (QED) is 0.454. The molecule has 0 aliphatic carbocycles. The van der Waals surface area contributed by atoms with Crippen LogP contribution < -0.4 is 16.2 Å². The molecule has 0 saturated carbocycles. The third kappa shape index (κ3) is 3.75. The second-order valence-electron chi connectivity index (χ2n) is 2.93. The fourth-order valence-electron chi connectivity index (χ4n) is 1.05. The van der Waals surface area contributed by atoms with E-state index in [2.05, 4.69) is 0 Å². The molecule has 5 nitrogen and oxygen atoms in total. The first-order chi connectivity index (χ1) is 7.27. The van der Waals surface area contributed by atoms with Crippen LogP contribution in [0.15, 0.2) is 24.3 Å². The Morgan fingerprint density at radius 3 is 2.67 bits per heavy atom. The highest BCUT2D eigenvalue weighted by Gasteiger charge is 2.10. The van der Waals surface area contributed by atoms with E-state index in [1.54, 1.807) is 24.3 Å². The zero-order valence-corrected chi connectivity index (χ0v) is 8.43. The minimum Gasteiger partial charge on any atom is -0.460 e. The van der Waals surface area contributed by atoms with Crippen molar-refractivity contribution in [3.63, 3.8) is 0 Å². The van der Waals surface area contributed by atoms with Crippen LogP contribution in [0.5, 0.6) is 5.75 Å². The van der Waals surface area contributed by atoms with Crippen LogP contribution in [0.2, 0.25) is 0 Å². The first-order valence-corrected chi connectivity index (χ1v) is 4.71. The van der Waals surface area contributed by atoms with Crippen LogP contribution in [0.25, 0.3) is 0 Å². The molecule has 1 unspecified atom stereocenters. The van der Waals surface area contributed by atoms with Gasteiger partial charge in [-0.25, -0.2) is 0 Å². The van der Waals surface area contributed by atoms with Crippen molar-refractivity contribution < 1.29 is 14.6 Å². The van der Waals surface area contributed by atoms with Crippen LogP contribution in [0.3, 0.4) is 0 Å². The summed E-state index contributed by atoms with van der Waals surface area (Å²) in [6, 6.07) is 7.02. The predicted octanol–water partition coefficient (Wildman–Crippen LogP) is -0.0587. The van der Waals surface area contributed by atoms with Crippen molar-refractivity contribution in [2.45, 2.75) is 6.29 Å². The maximum Gasteiger partial charge on any atom is 0.223 e. The van der Waals surface area contributed by atoms with Crippen LogP contribution in [0, 0.1) is 0 Å². The van der Waals surface area contributed by atoms with Crippen LogP contribution >= 0.6 is 0 Å². The molecule has 0 heterocycles. The van der Waals surface area contributed by atoms with E-state index in [9.17, 15) is 0 Å². The van der Waals surface area contributed by atoms with Crippen LogP contribution in [0.4, 0.5) is 5.69 Å². The topological polar surface area (TPSA) is 90.7 Å². The summed E-state index contributed by atoms with van der Waals surface area (Å²) in [5, 5.41) is 8.97. The van der Waals surface area contributed by atoms with Gasteiger partial charge in [-0.3, -0.25) is 0 Å². The van der Waals surface area contributed by atoms with Crippen molar-refractivity contribution in [1.29, 1.82) is 0 Å². The number of benzene rings is 1. The number of anilines is 1. The second kappa shape index (κ2) is 6.23. The highest BCUT2D eigenvalue weighted by molar-refractivity contribution is 5.51. The average molecular weight is 212 g/mol. The van der Waals surface area contributed by atoms with Gasteiger partial charge in [0.05, 0.1) is 12.3 Å². The lowest BCUT2D eigenvalue weighted by Gasteiger charge is -2.17. The largest absolute Gasteiger partial charge is 0.460 e. The Balaban J connectivity index is 2.54. The molecule has 0 spiro atoms. The maximum absolute atomic E-state index is 8.97. The number of ether oxygens (including phenoxy) is 2. The lowest BCUT2D eigenvalue weighted by Crippen LogP contribution is -2.27. The molecule has 0 amide bonds. The van der Waals surface area contributed by atoms with Gasteiger partial charge in [-0.2, -0.15) is 0 Å². The fourth-order valence-corrected chi connectivity index (χ4v) is 1.05. The van der Waals surface area contributed by atoms with Gasteiger partial charge in [0.1, 0.15) is 12.4 Å². The van der Waals surface area contributed by atoms with Gasteiger partial charge < -0.3 is 26.0 Å². The number of aliphatic hydroxyl groups excluding tert-OH is 1. The van der Waals surface area contributed by atoms with E-state index in [1.165, 1.54) is 0 Å². The summed E-state index contributed by atoms with van der Waals surface area (Å²) in [6.07, 6.45) is -0.724. The van der Waals surface area contributed by atoms with Gasteiger partial charge in [-0.05, 0) is 12.1 Å². The van der Waals surface area contributed by atoms with Gasteiger partial charge in [0, 0.05) is 6.54 Å². The standard InChI is InChI=1S/C10H16N2O3/c11-5-6-14-10(7-13)15-9-4-2-1-3-8(9)12/h1-4,10,13H,5-7,11-12H2. The normalized spacial score (nSPS) is 12.4. The highest BCUT2D eigenvalue weighted by Crippen LogP contribution is 2.21. The lowest BCUT2D eigenvalue weighted by atomic mass is 10.3.